The number of carbonyl (C=O) groups is 2. The first-order valence-corrected chi connectivity index (χ1v) is 8.42. The van der Waals surface area contributed by atoms with Crippen molar-refractivity contribution in [3.8, 4) is 5.75 Å². The van der Waals surface area contributed by atoms with Crippen molar-refractivity contribution in [3.05, 3.63) is 51.2 Å². The van der Waals surface area contributed by atoms with Crippen LogP contribution in [0.1, 0.15) is 10.4 Å². The third-order valence-electron chi connectivity index (χ3n) is 3.11. The minimum absolute atomic E-state index is 0.0901. The molecule has 0 bridgehead atoms. The van der Waals surface area contributed by atoms with E-state index in [2.05, 4.69) is 16.0 Å². The molecule has 1 aromatic heterocycles. The quantitative estimate of drug-likeness (QED) is 0.703. The Labute approximate surface area is 149 Å². The van der Waals surface area contributed by atoms with Gasteiger partial charge in [-0.05, 0) is 29.8 Å². The van der Waals surface area contributed by atoms with Crippen LogP contribution in [-0.4, -0.2) is 25.6 Å². The fourth-order valence-electron chi connectivity index (χ4n) is 1.84. The van der Waals surface area contributed by atoms with Crippen LogP contribution in [0.25, 0.3) is 0 Å². The Kier molecular flexibility index (Phi) is 6.89. The molecule has 2 aromatic rings. The lowest BCUT2D eigenvalue weighted by Crippen LogP contribution is -2.41. The number of methoxy groups -OCH3 is 1. The number of amides is 3. The zero-order valence-corrected chi connectivity index (χ0v) is 14.7. The van der Waals surface area contributed by atoms with E-state index in [1.165, 1.54) is 11.3 Å². The number of nitrogens with one attached hydrogen (secondary N) is 3. The van der Waals surface area contributed by atoms with Crippen LogP contribution in [0.4, 0.5) is 4.79 Å². The monoisotopic (exact) mass is 367 g/mol. The lowest BCUT2D eigenvalue weighted by atomic mass is 10.2. The van der Waals surface area contributed by atoms with Crippen molar-refractivity contribution in [1.82, 2.24) is 16.0 Å². The van der Waals surface area contributed by atoms with Crippen LogP contribution >= 0.6 is 22.9 Å². The second-order valence-electron chi connectivity index (χ2n) is 4.87. The molecular formula is C16H18ClN3O3S. The molecule has 8 heteroatoms. The van der Waals surface area contributed by atoms with Gasteiger partial charge in [0.2, 0.25) is 5.91 Å². The molecule has 0 aliphatic rings. The predicted molar refractivity (Wildman–Crippen MR) is 94.4 cm³/mol. The molecule has 3 N–H and O–H groups in total. The summed E-state index contributed by atoms with van der Waals surface area (Å²) in [6.07, 6.45) is 0. The number of carbonyl (C=O) groups excluding carboxylic acids is 2. The van der Waals surface area contributed by atoms with Gasteiger partial charge in [-0.15, -0.1) is 11.3 Å². The van der Waals surface area contributed by atoms with E-state index in [1.807, 2.05) is 30.3 Å². The summed E-state index contributed by atoms with van der Waals surface area (Å²) in [4.78, 5) is 24.3. The number of urea groups is 1. The highest BCUT2D eigenvalue weighted by Gasteiger charge is 2.06. The molecule has 0 unspecified atom stereocenters. The van der Waals surface area contributed by atoms with Gasteiger partial charge in [0.15, 0.2) is 0 Å². The van der Waals surface area contributed by atoms with Crippen LogP contribution < -0.4 is 20.7 Å². The molecule has 2 rings (SSSR count). The van der Waals surface area contributed by atoms with Crippen molar-refractivity contribution >= 4 is 34.9 Å². The first kappa shape index (κ1) is 18.1. The SMILES string of the molecule is COc1ccc(CNC(=O)CNC(=O)NCc2ccc(Cl)s2)cc1. The van der Waals surface area contributed by atoms with Crippen molar-refractivity contribution in [2.45, 2.75) is 13.1 Å². The smallest absolute Gasteiger partial charge is 0.315 e. The number of thiophene rings is 1. The molecule has 0 saturated heterocycles. The summed E-state index contributed by atoms with van der Waals surface area (Å²) in [6.45, 7) is 0.670. The molecule has 1 aromatic carbocycles. The van der Waals surface area contributed by atoms with Gasteiger partial charge in [0.05, 0.1) is 24.5 Å². The molecule has 24 heavy (non-hydrogen) atoms. The number of hydrogen-bond acceptors (Lipinski definition) is 4. The average Bonchev–Trinajstić information content (AvgIpc) is 3.02. The molecular weight excluding hydrogens is 350 g/mol. The molecule has 6 nitrogen and oxygen atoms in total. The largest absolute Gasteiger partial charge is 0.497 e. The minimum Gasteiger partial charge on any atom is -0.497 e. The van der Waals surface area contributed by atoms with Crippen LogP contribution in [0, 0.1) is 0 Å². The van der Waals surface area contributed by atoms with Crippen LogP contribution in [0.15, 0.2) is 36.4 Å². The van der Waals surface area contributed by atoms with Gasteiger partial charge in [-0.2, -0.15) is 0 Å². The maximum absolute atomic E-state index is 11.7. The number of ether oxygens (including phenoxy) is 1. The summed E-state index contributed by atoms with van der Waals surface area (Å²) in [5, 5.41) is 7.90. The molecule has 0 atom stereocenters. The Hall–Kier alpha value is -2.25. The number of benzene rings is 1. The molecule has 0 saturated carbocycles. The highest BCUT2D eigenvalue weighted by molar-refractivity contribution is 7.16. The Morgan fingerprint density at radius 1 is 1.04 bits per heavy atom. The van der Waals surface area contributed by atoms with E-state index >= 15 is 0 Å². The third kappa shape index (κ3) is 6.10. The van der Waals surface area contributed by atoms with Crippen LogP contribution in [0.3, 0.4) is 0 Å². The van der Waals surface area contributed by atoms with Crippen LogP contribution in [0.2, 0.25) is 4.34 Å². The normalized spacial score (nSPS) is 10.1. The van der Waals surface area contributed by atoms with E-state index < -0.39 is 6.03 Å². The number of hydrogen-bond donors (Lipinski definition) is 3. The van der Waals surface area contributed by atoms with E-state index in [9.17, 15) is 9.59 Å². The van der Waals surface area contributed by atoms with Gasteiger partial charge in [0.1, 0.15) is 5.75 Å². The van der Waals surface area contributed by atoms with Gasteiger partial charge in [0, 0.05) is 11.4 Å². The Morgan fingerprint density at radius 3 is 2.42 bits per heavy atom. The minimum atomic E-state index is -0.404. The van der Waals surface area contributed by atoms with E-state index in [1.54, 1.807) is 13.2 Å². The maximum Gasteiger partial charge on any atom is 0.315 e. The topological polar surface area (TPSA) is 79.5 Å². The summed E-state index contributed by atoms with van der Waals surface area (Å²) in [5.74, 6) is 0.496. The Balaban J connectivity index is 1.63. The molecule has 0 radical (unpaired) electrons. The van der Waals surface area contributed by atoms with E-state index in [-0.39, 0.29) is 12.5 Å². The van der Waals surface area contributed by atoms with Gasteiger partial charge in [0.25, 0.3) is 0 Å². The zero-order chi connectivity index (χ0) is 17.4. The molecule has 128 valence electrons. The average molecular weight is 368 g/mol. The Morgan fingerprint density at radius 2 is 1.79 bits per heavy atom. The molecule has 0 spiro atoms. The van der Waals surface area contributed by atoms with Crippen LogP contribution in [-0.2, 0) is 17.9 Å². The number of halogens is 1. The predicted octanol–water partition coefficient (Wildman–Crippen LogP) is 2.53. The van der Waals surface area contributed by atoms with Crippen molar-refractivity contribution in [1.29, 1.82) is 0 Å². The van der Waals surface area contributed by atoms with E-state index in [4.69, 9.17) is 16.3 Å². The van der Waals surface area contributed by atoms with Gasteiger partial charge < -0.3 is 20.7 Å². The van der Waals surface area contributed by atoms with Crippen molar-refractivity contribution in [2.24, 2.45) is 0 Å². The summed E-state index contributed by atoms with van der Waals surface area (Å²) in [6, 6.07) is 10.6. The van der Waals surface area contributed by atoms with Crippen molar-refractivity contribution in [2.75, 3.05) is 13.7 Å². The fraction of sp³-hybridized carbons (Fsp3) is 0.250. The molecule has 3 amide bonds. The van der Waals surface area contributed by atoms with Crippen molar-refractivity contribution in [3.63, 3.8) is 0 Å². The van der Waals surface area contributed by atoms with Crippen molar-refractivity contribution < 1.29 is 14.3 Å². The Bertz CT molecular complexity index is 688. The van der Waals surface area contributed by atoms with Gasteiger partial charge in [-0.25, -0.2) is 4.79 Å². The highest BCUT2D eigenvalue weighted by atomic mass is 35.5. The molecule has 0 aliphatic carbocycles. The standard InChI is InChI=1S/C16H18ClN3O3S/c1-23-12-4-2-11(3-5-12)8-18-15(21)10-20-16(22)19-9-13-6-7-14(17)24-13/h2-7H,8-10H2,1H3,(H,18,21)(H2,19,20,22). The second-order valence-corrected chi connectivity index (χ2v) is 6.67. The van der Waals surface area contributed by atoms with Gasteiger partial charge >= 0.3 is 6.03 Å². The van der Waals surface area contributed by atoms with E-state index in [0.717, 1.165) is 16.2 Å². The van der Waals surface area contributed by atoms with Crippen LogP contribution in [0.5, 0.6) is 5.75 Å². The van der Waals surface area contributed by atoms with E-state index in [0.29, 0.717) is 17.4 Å². The molecule has 0 fully saturated rings. The highest BCUT2D eigenvalue weighted by Crippen LogP contribution is 2.20. The number of rotatable bonds is 7. The lowest BCUT2D eigenvalue weighted by molar-refractivity contribution is -0.120. The summed E-state index contributed by atoms with van der Waals surface area (Å²) >= 11 is 7.21. The summed E-state index contributed by atoms with van der Waals surface area (Å²) in [7, 11) is 1.60. The third-order valence-corrected chi connectivity index (χ3v) is 4.34. The first-order valence-electron chi connectivity index (χ1n) is 7.22. The van der Waals surface area contributed by atoms with Gasteiger partial charge in [-0.3, -0.25) is 4.79 Å². The first-order chi connectivity index (χ1) is 11.6. The summed E-state index contributed by atoms with van der Waals surface area (Å²) in [5.41, 5.74) is 0.947. The zero-order valence-electron chi connectivity index (χ0n) is 13.1. The molecule has 1 heterocycles. The second kappa shape index (κ2) is 9.14. The maximum atomic E-state index is 11.7. The fourth-order valence-corrected chi connectivity index (χ4v) is 2.87. The lowest BCUT2D eigenvalue weighted by Gasteiger charge is -2.08. The van der Waals surface area contributed by atoms with Gasteiger partial charge in [-0.1, -0.05) is 23.7 Å². The summed E-state index contributed by atoms with van der Waals surface area (Å²) < 4.78 is 5.74. The molecule has 0 aliphatic heterocycles.